The molecule has 0 aliphatic carbocycles. The van der Waals surface area contributed by atoms with Gasteiger partial charge in [0, 0.05) is 10.8 Å². The highest BCUT2D eigenvalue weighted by atomic mass is 35.5. The van der Waals surface area contributed by atoms with Crippen LogP contribution in [0, 0.1) is 12.3 Å². The predicted octanol–water partition coefficient (Wildman–Crippen LogP) is 2.32. The quantitative estimate of drug-likeness (QED) is 0.816. The second-order valence-corrected chi connectivity index (χ2v) is 4.53. The number of hydrogen-bond acceptors (Lipinski definition) is 2. The van der Waals surface area contributed by atoms with Crippen molar-refractivity contribution in [1.29, 1.82) is 0 Å². The van der Waals surface area contributed by atoms with E-state index in [1.165, 1.54) is 11.8 Å². The zero-order valence-electron chi connectivity index (χ0n) is 8.70. The summed E-state index contributed by atoms with van der Waals surface area (Å²) in [5.74, 6) is 3.50. The summed E-state index contributed by atoms with van der Waals surface area (Å²) in [5, 5.41) is 3.33. The molecule has 0 aliphatic heterocycles. The lowest BCUT2D eigenvalue weighted by molar-refractivity contribution is -0.118. The highest BCUT2D eigenvalue weighted by molar-refractivity contribution is 7.99. The summed E-state index contributed by atoms with van der Waals surface area (Å²) in [7, 11) is 0. The monoisotopic (exact) mass is 253 g/mol. The van der Waals surface area contributed by atoms with Crippen LogP contribution in [0.15, 0.2) is 24.3 Å². The van der Waals surface area contributed by atoms with E-state index in [1.807, 2.05) is 24.3 Å². The molecule has 84 valence electrons. The van der Waals surface area contributed by atoms with Crippen molar-refractivity contribution in [2.24, 2.45) is 0 Å². The molecule has 0 bridgehead atoms. The lowest BCUT2D eigenvalue weighted by Gasteiger charge is -2.02. The predicted molar refractivity (Wildman–Crippen MR) is 69.5 cm³/mol. The van der Waals surface area contributed by atoms with Gasteiger partial charge in [0.25, 0.3) is 0 Å². The van der Waals surface area contributed by atoms with Gasteiger partial charge >= 0.3 is 0 Å². The van der Waals surface area contributed by atoms with Crippen molar-refractivity contribution in [2.45, 2.75) is 5.75 Å². The van der Waals surface area contributed by atoms with E-state index < -0.39 is 0 Å². The van der Waals surface area contributed by atoms with Gasteiger partial charge in [-0.2, -0.15) is 0 Å². The van der Waals surface area contributed by atoms with Gasteiger partial charge in [0.1, 0.15) is 0 Å². The summed E-state index contributed by atoms with van der Waals surface area (Å²) in [6.45, 7) is 0.288. The average Bonchev–Trinajstić information content (AvgIpc) is 2.26. The lowest BCUT2D eigenvalue weighted by atomic mass is 10.2. The maximum absolute atomic E-state index is 11.2. The molecule has 0 radical (unpaired) electrons. The molecule has 1 N–H and O–H groups in total. The number of carbonyl (C=O) groups excluding carboxylic acids is 1. The highest BCUT2D eigenvalue weighted by Crippen LogP contribution is 2.16. The Morgan fingerprint density at radius 1 is 1.56 bits per heavy atom. The van der Waals surface area contributed by atoms with Crippen molar-refractivity contribution in [3.05, 3.63) is 34.9 Å². The first-order valence-corrected chi connectivity index (χ1v) is 6.28. The molecule has 0 saturated carbocycles. The van der Waals surface area contributed by atoms with Gasteiger partial charge in [0.05, 0.1) is 12.3 Å². The van der Waals surface area contributed by atoms with Gasteiger partial charge in [0.15, 0.2) is 0 Å². The molecule has 0 aromatic heterocycles. The number of carbonyl (C=O) groups is 1. The largest absolute Gasteiger partial charge is 0.344 e. The fraction of sp³-hybridized carbons (Fsp3) is 0.250. The van der Waals surface area contributed by atoms with Crippen molar-refractivity contribution >= 4 is 29.3 Å². The molecule has 1 rings (SSSR count). The average molecular weight is 254 g/mol. The van der Waals surface area contributed by atoms with Crippen molar-refractivity contribution in [3.63, 3.8) is 0 Å². The fourth-order valence-corrected chi connectivity index (χ4v) is 2.11. The number of rotatable bonds is 5. The topological polar surface area (TPSA) is 29.1 Å². The number of amides is 1. The number of thioether (sulfide) groups is 1. The van der Waals surface area contributed by atoms with Crippen LogP contribution in [0.1, 0.15) is 5.56 Å². The van der Waals surface area contributed by atoms with Crippen molar-refractivity contribution in [3.8, 4) is 12.3 Å². The number of nitrogens with one attached hydrogen (secondary N) is 1. The number of terminal acetylenes is 1. The fourth-order valence-electron chi connectivity index (χ4n) is 1.09. The van der Waals surface area contributed by atoms with Crippen LogP contribution < -0.4 is 5.32 Å². The van der Waals surface area contributed by atoms with Gasteiger partial charge in [-0.3, -0.25) is 4.79 Å². The molecule has 2 nitrogen and oxygen atoms in total. The number of halogens is 1. The smallest absolute Gasteiger partial charge is 0.230 e. The third-order valence-electron chi connectivity index (χ3n) is 1.78. The van der Waals surface area contributed by atoms with Crippen LogP contribution in [0.5, 0.6) is 0 Å². The van der Waals surface area contributed by atoms with E-state index in [4.69, 9.17) is 18.0 Å². The zero-order valence-corrected chi connectivity index (χ0v) is 10.3. The Bertz CT molecular complexity index is 400. The summed E-state index contributed by atoms with van der Waals surface area (Å²) in [4.78, 5) is 11.2. The first-order chi connectivity index (χ1) is 7.72. The Morgan fingerprint density at radius 2 is 2.38 bits per heavy atom. The third-order valence-corrected chi connectivity index (χ3v) is 3.02. The van der Waals surface area contributed by atoms with Crippen LogP contribution in [0.2, 0.25) is 5.02 Å². The molecular formula is C12H12ClNOS. The molecule has 0 spiro atoms. The van der Waals surface area contributed by atoms with E-state index in [2.05, 4.69) is 11.2 Å². The Morgan fingerprint density at radius 3 is 3.06 bits per heavy atom. The number of hydrogen-bond donors (Lipinski definition) is 1. The molecule has 1 amide bonds. The van der Waals surface area contributed by atoms with Crippen LogP contribution in [0.4, 0.5) is 0 Å². The molecular weight excluding hydrogens is 242 g/mol. The normalized spacial score (nSPS) is 9.50. The third kappa shape index (κ3) is 5.11. The summed E-state index contributed by atoms with van der Waals surface area (Å²) < 4.78 is 0. The first kappa shape index (κ1) is 13.0. The lowest BCUT2D eigenvalue weighted by Crippen LogP contribution is -2.25. The van der Waals surface area contributed by atoms with Crippen LogP contribution >= 0.6 is 23.4 Å². The molecule has 0 heterocycles. The summed E-state index contributed by atoms with van der Waals surface area (Å²) in [6, 6.07) is 7.61. The van der Waals surface area contributed by atoms with E-state index in [1.54, 1.807) is 0 Å². The summed E-state index contributed by atoms with van der Waals surface area (Å²) >= 11 is 7.38. The van der Waals surface area contributed by atoms with Gasteiger partial charge in [-0.1, -0.05) is 29.7 Å². The van der Waals surface area contributed by atoms with Crippen LogP contribution in [0.25, 0.3) is 0 Å². The van der Waals surface area contributed by atoms with E-state index in [-0.39, 0.29) is 12.5 Å². The van der Waals surface area contributed by atoms with E-state index in [0.717, 1.165) is 16.3 Å². The summed E-state index contributed by atoms with van der Waals surface area (Å²) in [6.07, 6.45) is 5.03. The molecule has 16 heavy (non-hydrogen) atoms. The highest BCUT2D eigenvalue weighted by Gasteiger charge is 2.00. The van der Waals surface area contributed by atoms with Crippen molar-refractivity contribution in [1.82, 2.24) is 5.32 Å². The Hall–Kier alpha value is -1.11. The number of benzene rings is 1. The second kappa shape index (κ2) is 7.21. The Kier molecular flexibility index (Phi) is 5.84. The van der Waals surface area contributed by atoms with Crippen LogP contribution in [0.3, 0.4) is 0 Å². The standard InChI is InChI=1S/C12H12ClNOS/c1-2-6-14-12(15)9-16-8-10-4-3-5-11(13)7-10/h1,3-5,7H,6,8-9H2,(H,14,15). The van der Waals surface area contributed by atoms with Gasteiger partial charge in [-0.05, 0) is 17.7 Å². The van der Waals surface area contributed by atoms with Gasteiger partial charge in [-0.25, -0.2) is 0 Å². The summed E-state index contributed by atoms with van der Waals surface area (Å²) in [5.41, 5.74) is 1.11. The SMILES string of the molecule is C#CCNC(=O)CSCc1cccc(Cl)c1. The van der Waals surface area contributed by atoms with Crippen LogP contribution in [-0.4, -0.2) is 18.2 Å². The first-order valence-electron chi connectivity index (χ1n) is 4.74. The molecule has 1 aromatic rings. The molecule has 0 atom stereocenters. The van der Waals surface area contributed by atoms with E-state index in [9.17, 15) is 4.79 Å². The van der Waals surface area contributed by atoms with Gasteiger partial charge in [0.2, 0.25) is 5.91 Å². The minimum Gasteiger partial charge on any atom is -0.344 e. The van der Waals surface area contributed by atoms with Crippen molar-refractivity contribution in [2.75, 3.05) is 12.3 Å². The van der Waals surface area contributed by atoms with Crippen LogP contribution in [-0.2, 0) is 10.5 Å². The molecule has 4 heteroatoms. The Balaban J connectivity index is 2.26. The van der Waals surface area contributed by atoms with Gasteiger partial charge < -0.3 is 5.32 Å². The maximum atomic E-state index is 11.2. The van der Waals surface area contributed by atoms with Crippen molar-refractivity contribution < 1.29 is 4.79 Å². The van der Waals surface area contributed by atoms with E-state index >= 15 is 0 Å². The molecule has 1 aromatic carbocycles. The molecule has 0 unspecified atom stereocenters. The molecule has 0 fully saturated rings. The minimum absolute atomic E-state index is 0.0371. The van der Waals surface area contributed by atoms with E-state index in [0.29, 0.717) is 5.75 Å². The maximum Gasteiger partial charge on any atom is 0.230 e. The minimum atomic E-state index is -0.0371. The molecule has 0 saturated heterocycles. The Labute approximate surface area is 105 Å². The molecule has 0 aliphatic rings. The second-order valence-electron chi connectivity index (χ2n) is 3.10. The van der Waals surface area contributed by atoms with Gasteiger partial charge in [-0.15, -0.1) is 18.2 Å². The zero-order chi connectivity index (χ0) is 11.8.